The number of methoxy groups -OCH3 is 1. The Bertz CT molecular complexity index is 512. The lowest BCUT2D eigenvalue weighted by Crippen LogP contribution is -2.35. The molecule has 0 aliphatic heterocycles. The van der Waals surface area contributed by atoms with Gasteiger partial charge in [-0.1, -0.05) is 18.2 Å². The summed E-state index contributed by atoms with van der Waals surface area (Å²) in [6.45, 7) is 5.30. The Morgan fingerprint density at radius 1 is 1.40 bits per heavy atom. The van der Waals surface area contributed by atoms with E-state index in [1.54, 1.807) is 45.0 Å². The normalized spacial score (nSPS) is 24.9. The summed E-state index contributed by atoms with van der Waals surface area (Å²) < 4.78 is 25.1. The van der Waals surface area contributed by atoms with Crippen molar-refractivity contribution in [3.63, 3.8) is 0 Å². The standard InChI is InChI=1S/C15H20FNO3/c1-14(2,3)20-13(18)17-12-9-15(12,16)10-7-5-6-8-11(10)19-4/h5-8,12H,9H2,1-4H3,(H,17,18)/t12-,15-/m0/s1. The molecular formula is C15H20FNO3. The van der Waals surface area contributed by atoms with Crippen molar-refractivity contribution < 1.29 is 18.7 Å². The Kier molecular flexibility index (Phi) is 3.63. The van der Waals surface area contributed by atoms with Crippen LogP contribution in [0.3, 0.4) is 0 Å². The molecule has 110 valence electrons. The molecule has 1 aliphatic carbocycles. The second-order valence-corrected chi connectivity index (χ2v) is 5.97. The first kappa shape index (κ1) is 14.6. The maximum Gasteiger partial charge on any atom is 0.407 e. The Balaban J connectivity index is 2.04. The molecule has 5 heteroatoms. The van der Waals surface area contributed by atoms with Gasteiger partial charge in [0, 0.05) is 12.0 Å². The van der Waals surface area contributed by atoms with Crippen LogP contribution in [0.25, 0.3) is 0 Å². The fourth-order valence-corrected chi connectivity index (χ4v) is 2.14. The first-order valence-electron chi connectivity index (χ1n) is 6.58. The Hall–Kier alpha value is -1.78. The van der Waals surface area contributed by atoms with E-state index >= 15 is 0 Å². The average molecular weight is 281 g/mol. The molecule has 0 heterocycles. The second kappa shape index (κ2) is 4.96. The minimum atomic E-state index is -1.58. The summed E-state index contributed by atoms with van der Waals surface area (Å²) in [5.74, 6) is 0.489. The molecule has 2 rings (SSSR count). The van der Waals surface area contributed by atoms with Crippen molar-refractivity contribution >= 4 is 6.09 Å². The number of amides is 1. The van der Waals surface area contributed by atoms with Crippen LogP contribution in [-0.4, -0.2) is 24.8 Å². The van der Waals surface area contributed by atoms with Crippen molar-refractivity contribution in [3.8, 4) is 5.75 Å². The van der Waals surface area contributed by atoms with E-state index in [-0.39, 0.29) is 6.42 Å². The van der Waals surface area contributed by atoms with Crippen LogP contribution in [0.15, 0.2) is 24.3 Å². The number of alkyl carbamates (subject to hydrolysis) is 1. The Morgan fingerprint density at radius 2 is 2.05 bits per heavy atom. The number of para-hydroxylation sites is 1. The highest BCUT2D eigenvalue weighted by Crippen LogP contribution is 2.52. The zero-order chi connectivity index (χ0) is 15.0. The highest BCUT2D eigenvalue weighted by molar-refractivity contribution is 5.69. The van der Waals surface area contributed by atoms with Gasteiger partial charge in [0.15, 0.2) is 5.67 Å². The molecule has 1 saturated carbocycles. The number of benzene rings is 1. The number of hydrogen-bond acceptors (Lipinski definition) is 3. The van der Waals surface area contributed by atoms with Gasteiger partial charge in [-0.05, 0) is 26.8 Å². The van der Waals surface area contributed by atoms with Gasteiger partial charge in [-0.15, -0.1) is 0 Å². The summed E-state index contributed by atoms with van der Waals surface area (Å²) in [5, 5.41) is 2.56. The van der Waals surface area contributed by atoms with Crippen molar-refractivity contribution in [1.29, 1.82) is 0 Å². The fourth-order valence-electron chi connectivity index (χ4n) is 2.14. The van der Waals surface area contributed by atoms with Gasteiger partial charge in [-0.3, -0.25) is 0 Å². The van der Waals surface area contributed by atoms with E-state index in [0.717, 1.165) is 0 Å². The zero-order valence-corrected chi connectivity index (χ0v) is 12.2. The molecule has 0 saturated heterocycles. The summed E-state index contributed by atoms with van der Waals surface area (Å²) in [7, 11) is 1.50. The zero-order valence-electron chi connectivity index (χ0n) is 12.2. The third-order valence-corrected chi connectivity index (χ3v) is 3.14. The Morgan fingerprint density at radius 3 is 2.65 bits per heavy atom. The van der Waals surface area contributed by atoms with Crippen LogP contribution in [-0.2, 0) is 10.4 Å². The van der Waals surface area contributed by atoms with E-state index in [4.69, 9.17) is 9.47 Å². The van der Waals surface area contributed by atoms with E-state index < -0.39 is 23.4 Å². The van der Waals surface area contributed by atoms with E-state index in [1.165, 1.54) is 7.11 Å². The number of nitrogens with one attached hydrogen (secondary N) is 1. The lowest BCUT2D eigenvalue weighted by atomic mass is 10.1. The van der Waals surface area contributed by atoms with Gasteiger partial charge in [0.05, 0.1) is 13.2 Å². The van der Waals surface area contributed by atoms with Gasteiger partial charge in [0.2, 0.25) is 0 Å². The maximum absolute atomic E-state index is 14.8. The molecule has 1 aliphatic rings. The third kappa shape index (κ3) is 3.03. The Labute approximate surface area is 118 Å². The summed E-state index contributed by atoms with van der Waals surface area (Å²) in [6, 6.07) is 6.34. The molecule has 1 amide bonds. The number of alkyl halides is 1. The van der Waals surface area contributed by atoms with Gasteiger partial charge < -0.3 is 14.8 Å². The predicted octanol–water partition coefficient (Wildman–Crippen LogP) is 3.16. The average Bonchev–Trinajstić information content (AvgIpc) is 2.98. The van der Waals surface area contributed by atoms with Crippen LogP contribution in [0.4, 0.5) is 9.18 Å². The molecule has 20 heavy (non-hydrogen) atoms. The van der Waals surface area contributed by atoms with Crippen molar-refractivity contribution in [2.75, 3.05) is 7.11 Å². The summed E-state index contributed by atoms with van der Waals surface area (Å²) in [4.78, 5) is 11.7. The lowest BCUT2D eigenvalue weighted by Gasteiger charge is -2.20. The molecule has 0 unspecified atom stereocenters. The van der Waals surface area contributed by atoms with Crippen LogP contribution in [0, 0.1) is 0 Å². The van der Waals surface area contributed by atoms with Gasteiger partial charge in [0.25, 0.3) is 0 Å². The predicted molar refractivity (Wildman–Crippen MR) is 73.6 cm³/mol. The number of rotatable bonds is 3. The molecule has 0 bridgehead atoms. The fraction of sp³-hybridized carbons (Fsp3) is 0.533. The van der Waals surface area contributed by atoms with Gasteiger partial charge in [-0.25, -0.2) is 9.18 Å². The molecule has 1 aromatic carbocycles. The molecule has 0 spiro atoms. The largest absolute Gasteiger partial charge is 0.496 e. The molecule has 4 nitrogen and oxygen atoms in total. The van der Waals surface area contributed by atoms with E-state index in [9.17, 15) is 9.18 Å². The van der Waals surface area contributed by atoms with Crippen molar-refractivity contribution in [2.24, 2.45) is 0 Å². The molecule has 2 atom stereocenters. The van der Waals surface area contributed by atoms with Crippen LogP contribution in [0.5, 0.6) is 5.75 Å². The number of carbonyl (C=O) groups excluding carboxylic acids is 1. The quantitative estimate of drug-likeness (QED) is 0.925. The van der Waals surface area contributed by atoms with Crippen molar-refractivity contribution in [2.45, 2.75) is 44.5 Å². The number of carbonyl (C=O) groups is 1. The summed E-state index contributed by atoms with van der Waals surface area (Å²) in [6.07, 6.45) is -0.371. The van der Waals surface area contributed by atoms with Crippen LogP contribution in [0.1, 0.15) is 32.8 Å². The second-order valence-electron chi connectivity index (χ2n) is 5.97. The molecule has 0 radical (unpaired) electrons. The number of ether oxygens (including phenoxy) is 2. The number of hydrogen-bond donors (Lipinski definition) is 1. The summed E-state index contributed by atoms with van der Waals surface area (Å²) in [5.41, 5.74) is -1.71. The van der Waals surface area contributed by atoms with E-state index in [0.29, 0.717) is 11.3 Å². The molecule has 1 fully saturated rings. The van der Waals surface area contributed by atoms with E-state index in [1.807, 2.05) is 0 Å². The highest BCUT2D eigenvalue weighted by Gasteiger charge is 2.59. The van der Waals surface area contributed by atoms with Crippen LogP contribution < -0.4 is 10.1 Å². The molecular weight excluding hydrogens is 261 g/mol. The van der Waals surface area contributed by atoms with Crippen LogP contribution in [0.2, 0.25) is 0 Å². The third-order valence-electron chi connectivity index (χ3n) is 3.14. The molecule has 1 aromatic rings. The minimum absolute atomic E-state index is 0.229. The van der Waals surface area contributed by atoms with Crippen molar-refractivity contribution in [3.05, 3.63) is 29.8 Å². The van der Waals surface area contributed by atoms with Gasteiger partial charge in [0.1, 0.15) is 11.4 Å². The topological polar surface area (TPSA) is 47.6 Å². The first-order valence-corrected chi connectivity index (χ1v) is 6.58. The minimum Gasteiger partial charge on any atom is -0.496 e. The number of halogens is 1. The van der Waals surface area contributed by atoms with E-state index in [2.05, 4.69) is 5.32 Å². The lowest BCUT2D eigenvalue weighted by molar-refractivity contribution is 0.0510. The SMILES string of the molecule is COc1ccccc1[C@@]1(F)C[C@@H]1NC(=O)OC(C)(C)C. The molecule has 0 aromatic heterocycles. The van der Waals surface area contributed by atoms with Gasteiger partial charge in [-0.2, -0.15) is 0 Å². The monoisotopic (exact) mass is 281 g/mol. The van der Waals surface area contributed by atoms with Crippen LogP contribution >= 0.6 is 0 Å². The summed E-state index contributed by atoms with van der Waals surface area (Å²) >= 11 is 0. The van der Waals surface area contributed by atoms with Crippen molar-refractivity contribution in [1.82, 2.24) is 5.32 Å². The first-order chi connectivity index (χ1) is 9.26. The smallest absolute Gasteiger partial charge is 0.407 e. The highest BCUT2D eigenvalue weighted by atomic mass is 19.1. The van der Waals surface area contributed by atoms with Gasteiger partial charge >= 0.3 is 6.09 Å². The molecule has 1 N–H and O–H groups in total. The maximum atomic E-state index is 14.8.